The number of esters is 1. The SMILES string of the molecule is COC(=O)c1cc(S(=O)(=O)N[C@H](CC(C)C)c2ccccc2)ccc1C. The number of nitrogens with one attached hydrogen (secondary N) is 1. The van der Waals surface area contributed by atoms with Gasteiger partial charge < -0.3 is 4.74 Å². The van der Waals surface area contributed by atoms with Crippen molar-refractivity contribution in [1.82, 2.24) is 4.72 Å². The minimum absolute atomic E-state index is 0.0492. The van der Waals surface area contributed by atoms with Crippen LogP contribution in [0, 0.1) is 12.8 Å². The van der Waals surface area contributed by atoms with Crippen molar-refractivity contribution in [2.75, 3.05) is 7.11 Å². The van der Waals surface area contributed by atoms with Crippen molar-refractivity contribution in [3.05, 3.63) is 65.2 Å². The average molecular weight is 375 g/mol. The molecule has 0 heterocycles. The lowest BCUT2D eigenvalue weighted by atomic mass is 9.98. The van der Waals surface area contributed by atoms with E-state index in [-0.39, 0.29) is 16.5 Å². The fraction of sp³-hybridized carbons (Fsp3) is 0.350. The molecule has 0 fully saturated rings. The molecular formula is C20H25NO4S. The molecule has 1 atom stereocenters. The Morgan fingerprint density at radius 3 is 2.35 bits per heavy atom. The van der Waals surface area contributed by atoms with Gasteiger partial charge in [0.05, 0.1) is 17.6 Å². The third-order valence-electron chi connectivity index (χ3n) is 4.13. The number of rotatable bonds is 7. The molecule has 0 aliphatic rings. The summed E-state index contributed by atoms with van der Waals surface area (Å²) in [6, 6.07) is 13.6. The van der Waals surface area contributed by atoms with E-state index in [4.69, 9.17) is 4.74 Å². The van der Waals surface area contributed by atoms with Crippen LogP contribution in [0.15, 0.2) is 53.4 Å². The van der Waals surface area contributed by atoms with Crippen molar-refractivity contribution in [2.45, 2.75) is 38.1 Å². The van der Waals surface area contributed by atoms with Gasteiger partial charge in [0.2, 0.25) is 10.0 Å². The van der Waals surface area contributed by atoms with Crippen molar-refractivity contribution in [2.24, 2.45) is 5.92 Å². The molecular weight excluding hydrogens is 350 g/mol. The molecule has 0 aliphatic carbocycles. The Morgan fingerprint density at radius 2 is 1.77 bits per heavy atom. The largest absolute Gasteiger partial charge is 0.465 e. The van der Waals surface area contributed by atoms with Crippen LogP contribution in [0.1, 0.15) is 47.8 Å². The van der Waals surface area contributed by atoms with Gasteiger partial charge in [-0.2, -0.15) is 0 Å². The smallest absolute Gasteiger partial charge is 0.338 e. The normalized spacial score (nSPS) is 12.8. The van der Waals surface area contributed by atoms with Crippen LogP contribution < -0.4 is 4.72 Å². The Morgan fingerprint density at radius 1 is 1.12 bits per heavy atom. The number of hydrogen-bond donors (Lipinski definition) is 1. The molecule has 0 radical (unpaired) electrons. The second-order valence-corrected chi connectivity index (χ2v) is 8.40. The minimum atomic E-state index is -3.79. The zero-order chi connectivity index (χ0) is 19.3. The third kappa shape index (κ3) is 4.93. The number of hydrogen-bond acceptors (Lipinski definition) is 4. The molecule has 1 N–H and O–H groups in total. The van der Waals surface area contributed by atoms with Gasteiger partial charge in [-0.15, -0.1) is 0 Å². The van der Waals surface area contributed by atoms with E-state index in [1.165, 1.54) is 19.2 Å². The van der Waals surface area contributed by atoms with Gasteiger partial charge >= 0.3 is 5.97 Å². The third-order valence-corrected chi connectivity index (χ3v) is 5.60. The van der Waals surface area contributed by atoms with E-state index in [1.54, 1.807) is 13.0 Å². The lowest BCUT2D eigenvalue weighted by Gasteiger charge is -2.21. The Labute approximate surface area is 155 Å². The highest BCUT2D eigenvalue weighted by atomic mass is 32.2. The molecule has 2 aromatic carbocycles. The summed E-state index contributed by atoms with van der Waals surface area (Å²) in [4.78, 5) is 11.9. The summed E-state index contributed by atoms with van der Waals surface area (Å²) in [7, 11) is -2.52. The van der Waals surface area contributed by atoms with Crippen molar-refractivity contribution in [1.29, 1.82) is 0 Å². The molecule has 0 spiro atoms. The molecule has 0 saturated heterocycles. The molecule has 5 nitrogen and oxygen atoms in total. The first kappa shape index (κ1) is 20.1. The Kier molecular flexibility index (Phi) is 6.56. The highest BCUT2D eigenvalue weighted by Crippen LogP contribution is 2.25. The van der Waals surface area contributed by atoms with Crippen molar-refractivity contribution in [3.8, 4) is 0 Å². The zero-order valence-electron chi connectivity index (χ0n) is 15.5. The fourth-order valence-electron chi connectivity index (χ4n) is 2.76. The predicted molar refractivity (Wildman–Crippen MR) is 101 cm³/mol. The van der Waals surface area contributed by atoms with Gasteiger partial charge in [0.1, 0.15) is 0 Å². The zero-order valence-corrected chi connectivity index (χ0v) is 16.3. The second kappa shape index (κ2) is 8.47. The summed E-state index contributed by atoms with van der Waals surface area (Å²) >= 11 is 0. The van der Waals surface area contributed by atoms with Gasteiger partial charge in [0.15, 0.2) is 0 Å². The number of methoxy groups -OCH3 is 1. The Balaban J connectivity index is 2.38. The predicted octanol–water partition coefficient (Wildman–Crippen LogP) is 3.85. The number of ether oxygens (including phenoxy) is 1. The number of aryl methyl sites for hydroxylation is 1. The molecule has 2 aromatic rings. The van der Waals surface area contributed by atoms with Crippen LogP contribution in [-0.2, 0) is 14.8 Å². The number of benzene rings is 2. The molecule has 0 aliphatic heterocycles. The van der Waals surface area contributed by atoms with E-state index in [0.29, 0.717) is 17.9 Å². The van der Waals surface area contributed by atoms with Gasteiger partial charge in [0.25, 0.3) is 0 Å². The Bertz CT molecular complexity index is 861. The summed E-state index contributed by atoms with van der Waals surface area (Å²) in [5.41, 5.74) is 1.82. The molecule has 0 amide bonds. The quantitative estimate of drug-likeness (QED) is 0.746. The van der Waals surface area contributed by atoms with Crippen molar-refractivity contribution < 1.29 is 17.9 Å². The first-order chi connectivity index (χ1) is 12.2. The maximum atomic E-state index is 12.9. The van der Waals surface area contributed by atoms with Crippen LogP contribution in [0.3, 0.4) is 0 Å². The van der Waals surface area contributed by atoms with Gasteiger partial charge in [-0.1, -0.05) is 50.2 Å². The van der Waals surface area contributed by atoms with Gasteiger partial charge in [0, 0.05) is 6.04 Å². The van der Waals surface area contributed by atoms with E-state index >= 15 is 0 Å². The summed E-state index contributed by atoms with van der Waals surface area (Å²) in [6.07, 6.45) is 0.666. The van der Waals surface area contributed by atoms with E-state index in [0.717, 1.165) is 5.56 Å². The molecule has 0 saturated carbocycles. The van der Waals surface area contributed by atoms with Crippen molar-refractivity contribution >= 4 is 16.0 Å². The summed E-state index contributed by atoms with van der Waals surface area (Å²) in [5, 5.41) is 0. The van der Waals surface area contributed by atoms with Crippen LogP contribution in [-0.4, -0.2) is 21.5 Å². The Hall–Kier alpha value is -2.18. The maximum absolute atomic E-state index is 12.9. The second-order valence-electron chi connectivity index (χ2n) is 6.68. The molecule has 6 heteroatoms. The van der Waals surface area contributed by atoms with Crippen LogP contribution in [0.2, 0.25) is 0 Å². The van der Waals surface area contributed by atoms with Crippen LogP contribution in [0.25, 0.3) is 0 Å². The standard InChI is InChI=1S/C20H25NO4S/c1-14(2)12-19(16-8-6-5-7-9-16)21-26(23,24)17-11-10-15(3)18(13-17)20(22)25-4/h5-11,13-14,19,21H,12H2,1-4H3/t19-/m1/s1. The number of carbonyl (C=O) groups is 1. The molecule has 26 heavy (non-hydrogen) atoms. The molecule has 140 valence electrons. The molecule has 2 rings (SSSR count). The highest BCUT2D eigenvalue weighted by molar-refractivity contribution is 7.89. The number of sulfonamides is 1. The summed E-state index contributed by atoms with van der Waals surface area (Å²) in [6.45, 7) is 5.83. The topological polar surface area (TPSA) is 72.5 Å². The molecule has 0 unspecified atom stereocenters. The van der Waals surface area contributed by atoms with Crippen LogP contribution >= 0.6 is 0 Å². The molecule has 0 bridgehead atoms. The minimum Gasteiger partial charge on any atom is -0.465 e. The van der Waals surface area contributed by atoms with E-state index in [1.807, 2.05) is 44.2 Å². The lowest BCUT2D eigenvalue weighted by molar-refractivity contribution is 0.0599. The summed E-state index contributed by atoms with van der Waals surface area (Å²) in [5.74, 6) is -0.243. The van der Waals surface area contributed by atoms with Gasteiger partial charge in [-0.05, 0) is 42.5 Å². The van der Waals surface area contributed by atoms with Crippen LogP contribution in [0.5, 0.6) is 0 Å². The monoisotopic (exact) mass is 375 g/mol. The maximum Gasteiger partial charge on any atom is 0.338 e. The number of carbonyl (C=O) groups excluding carboxylic acids is 1. The molecule has 0 aromatic heterocycles. The highest BCUT2D eigenvalue weighted by Gasteiger charge is 2.24. The fourth-order valence-corrected chi connectivity index (χ4v) is 4.03. The van der Waals surface area contributed by atoms with E-state index in [2.05, 4.69) is 4.72 Å². The first-order valence-corrected chi connectivity index (χ1v) is 9.99. The van der Waals surface area contributed by atoms with Gasteiger partial charge in [-0.25, -0.2) is 17.9 Å². The van der Waals surface area contributed by atoms with Gasteiger partial charge in [-0.3, -0.25) is 0 Å². The summed E-state index contributed by atoms with van der Waals surface area (Å²) < 4.78 is 33.3. The van der Waals surface area contributed by atoms with Crippen molar-refractivity contribution in [3.63, 3.8) is 0 Å². The van der Waals surface area contributed by atoms with E-state index in [9.17, 15) is 13.2 Å². The van der Waals surface area contributed by atoms with E-state index < -0.39 is 16.0 Å². The van der Waals surface area contributed by atoms with Crippen LogP contribution in [0.4, 0.5) is 0 Å². The lowest BCUT2D eigenvalue weighted by Crippen LogP contribution is -2.30. The average Bonchev–Trinajstić information content (AvgIpc) is 2.61. The first-order valence-electron chi connectivity index (χ1n) is 8.51.